The Morgan fingerprint density at radius 1 is 1.53 bits per heavy atom. The molecule has 3 N–H and O–H groups in total. The average molecular weight is 208 g/mol. The van der Waals surface area contributed by atoms with Crippen LogP contribution in [0.15, 0.2) is 12.3 Å². The molecule has 0 aliphatic carbocycles. The number of rotatable bonds is 3. The van der Waals surface area contributed by atoms with E-state index in [9.17, 15) is 4.79 Å². The number of nitrogens with two attached hydrogens (primary N) is 1. The Labute approximate surface area is 89.1 Å². The molecule has 1 heterocycles. The first kappa shape index (κ1) is 11.7. The SMILES string of the molecule is Cc1cc(C)c(C(C)C(N)C(=O)O)cn1. The van der Waals surface area contributed by atoms with Crippen LogP contribution in [0.2, 0.25) is 0 Å². The Balaban J connectivity index is 3.01. The van der Waals surface area contributed by atoms with E-state index in [4.69, 9.17) is 10.8 Å². The number of carboxylic acid groups (broad SMARTS) is 1. The highest BCUT2D eigenvalue weighted by atomic mass is 16.4. The number of carbonyl (C=O) groups is 1. The number of hydrogen-bond donors (Lipinski definition) is 2. The fourth-order valence-corrected chi connectivity index (χ4v) is 1.59. The number of nitrogens with zero attached hydrogens (tertiary/aromatic N) is 1. The molecule has 2 unspecified atom stereocenters. The maximum Gasteiger partial charge on any atom is 0.321 e. The third-order valence-electron chi connectivity index (χ3n) is 2.60. The van der Waals surface area contributed by atoms with Crippen LogP contribution < -0.4 is 5.73 Å². The number of aromatic nitrogens is 1. The Hall–Kier alpha value is -1.42. The fourth-order valence-electron chi connectivity index (χ4n) is 1.59. The highest BCUT2D eigenvalue weighted by Crippen LogP contribution is 2.21. The van der Waals surface area contributed by atoms with Gasteiger partial charge in [-0.1, -0.05) is 6.92 Å². The quantitative estimate of drug-likeness (QED) is 0.782. The van der Waals surface area contributed by atoms with Gasteiger partial charge < -0.3 is 10.8 Å². The van der Waals surface area contributed by atoms with Gasteiger partial charge in [0.1, 0.15) is 6.04 Å². The third-order valence-corrected chi connectivity index (χ3v) is 2.60. The predicted octanol–water partition coefficient (Wildman–Crippen LogP) is 1.21. The highest BCUT2D eigenvalue weighted by Gasteiger charge is 2.22. The van der Waals surface area contributed by atoms with Gasteiger partial charge in [-0.25, -0.2) is 0 Å². The van der Waals surface area contributed by atoms with Crippen LogP contribution in [-0.4, -0.2) is 22.1 Å². The molecule has 1 rings (SSSR count). The van der Waals surface area contributed by atoms with Crippen molar-refractivity contribution in [1.29, 1.82) is 0 Å². The lowest BCUT2D eigenvalue weighted by Gasteiger charge is -2.18. The van der Waals surface area contributed by atoms with E-state index in [0.29, 0.717) is 0 Å². The predicted molar refractivity (Wildman–Crippen MR) is 57.7 cm³/mol. The zero-order valence-electron chi connectivity index (χ0n) is 9.19. The molecule has 0 aliphatic rings. The van der Waals surface area contributed by atoms with Crippen LogP contribution in [0.3, 0.4) is 0 Å². The van der Waals surface area contributed by atoms with Crippen molar-refractivity contribution in [2.75, 3.05) is 0 Å². The third kappa shape index (κ3) is 2.53. The van der Waals surface area contributed by atoms with E-state index in [0.717, 1.165) is 16.8 Å². The molecule has 0 aromatic carbocycles. The number of carboxylic acids is 1. The summed E-state index contributed by atoms with van der Waals surface area (Å²) in [5.74, 6) is -1.21. The van der Waals surface area contributed by atoms with Gasteiger partial charge in [-0.15, -0.1) is 0 Å². The van der Waals surface area contributed by atoms with Crippen LogP contribution >= 0.6 is 0 Å². The molecule has 0 bridgehead atoms. The molecule has 4 heteroatoms. The van der Waals surface area contributed by atoms with Crippen LogP contribution in [0.4, 0.5) is 0 Å². The lowest BCUT2D eigenvalue weighted by Crippen LogP contribution is -2.35. The molecule has 0 amide bonds. The van der Waals surface area contributed by atoms with E-state index >= 15 is 0 Å². The van der Waals surface area contributed by atoms with Crippen molar-refractivity contribution in [2.45, 2.75) is 32.7 Å². The van der Waals surface area contributed by atoms with Gasteiger partial charge in [-0.3, -0.25) is 9.78 Å². The Morgan fingerprint density at radius 3 is 2.60 bits per heavy atom. The monoisotopic (exact) mass is 208 g/mol. The largest absolute Gasteiger partial charge is 0.480 e. The summed E-state index contributed by atoms with van der Waals surface area (Å²) in [6, 6.07) is 1.05. The maximum atomic E-state index is 10.7. The fraction of sp³-hybridized carbons (Fsp3) is 0.455. The molecular formula is C11H16N2O2. The van der Waals surface area contributed by atoms with Crippen LogP contribution in [0.25, 0.3) is 0 Å². The molecule has 1 aromatic rings. The van der Waals surface area contributed by atoms with Gasteiger partial charge in [-0.05, 0) is 31.0 Å². The van der Waals surface area contributed by atoms with Gasteiger partial charge in [-0.2, -0.15) is 0 Å². The van der Waals surface area contributed by atoms with Crippen molar-refractivity contribution in [3.8, 4) is 0 Å². The Kier molecular flexibility index (Phi) is 3.42. The van der Waals surface area contributed by atoms with Gasteiger partial charge in [0.05, 0.1) is 0 Å². The normalized spacial score (nSPS) is 14.7. The molecule has 0 saturated carbocycles. The van der Waals surface area contributed by atoms with Crippen LogP contribution in [-0.2, 0) is 4.79 Å². The van der Waals surface area contributed by atoms with Crippen molar-refractivity contribution in [3.63, 3.8) is 0 Å². The van der Waals surface area contributed by atoms with Crippen LogP contribution in [0.5, 0.6) is 0 Å². The summed E-state index contributed by atoms with van der Waals surface area (Å²) in [5.41, 5.74) is 8.43. The number of pyridine rings is 1. The van der Waals surface area contributed by atoms with Crippen molar-refractivity contribution < 1.29 is 9.90 Å². The number of aliphatic carboxylic acids is 1. The summed E-state index contributed by atoms with van der Waals surface area (Å²) in [6.45, 7) is 5.64. The molecule has 1 aromatic heterocycles. The van der Waals surface area contributed by atoms with Crippen molar-refractivity contribution in [3.05, 3.63) is 29.1 Å². The van der Waals surface area contributed by atoms with E-state index in [1.54, 1.807) is 13.1 Å². The minimum absolute atomic E-state index is 0.226. The molecule has 0 saturated heterocycles. The first-order valence-electron chi connectivity index (χ1n) is 4.85. The second-order valence-corrected chi connectivity index (χ2v) is 3.83. The van der Waals surface area contributed by atoms with E-state index < -0.39 is 12.0 Å². The second kappa shape index (κ2) is 4.40. The summed E-state index contributed by atoms with van der Waals surface area (Å²) in [6.07, 6.45) is 1.71. The summed E-state index contributed by atoms with van der Waals surface area (Å²) in [5, 5.41) is 8.81. The lowest BCUT2D eigenvalue weighted by atomic mass is 9.92. The van der Waals surface area contributed by atoms with Gasteiger partial charge in [0.25, 0.3) is 0 Å². The number of hydrogen-bond acceptors (Lipinski definition) is 3. The van der Waals surface area contributed by atoms with Crippen molar-refractivity contribution in [2.24, 2.45) is 5.73 Å². The minimum atomic E-state index is -0.984. The topological polar surface area (TPSA) is 76.2 Å². The summed E-state index contributed by atoms with van der Waals surface area (Å²) < 4.78 is 0. The van der Waals surface area contributed by atoms with Gasteiger partial charge in [0, 0.05) is 17.8 Å². The van der Waals surface area contributed by atoms with Crippen LogP contribution in [0, 0.1) is 13.8 Å². The molecule has 0 aliphatic heterocycles. The number of aryl methyl sites for hydroxylation is 2. The van der Waals surface area contributed by atoms with E-state index in [2.05, 4.69) is 4.98 Å². The molecule has 0 fully saturated rings. The van der Waals surface area contributed by atoms with E-state index in [1.807, 2.05) is 19.9 Å². The summed E-state index contributed by atoms with van der Waals surface area (Å²) in [7, 11) is 0. The second-order valence-electron chi connectivity index (χ2n) is 3.83. The summed E-state index contributed by atoms with van der Waals surface area (Å²) >= 11 is 0. The zero-order valence-corrected chi connectivity index (χ0v) is 9.19. The Bertz CT molecular complexity index is 377. The average Bonchev–Trinajstić information content (AvgIpc) is 2.15. The van der Waals surface area contributed by atoms with Crippen LogP contribution in [0.1, 0.15) is 29.7 Å². The van der Waals surface area contributed by atoms with Gasteiger partial charge in [0.15, 0.2) is 0 Å². The molecule has 82 valence electrons. The van der Waals surface area contributed by atoms with E-state index in [-0.39, 0.29) is 5.92 Å². The highest BCUT2D eigenvalue weighted by molar-refractivity contribution is 5.74. The standard InChI is InChI=1S/C11H16N2O2/c1-6-4-7(2)13-5-9(6)8(3)10(12)11(14)15/h4-5,8,10H,12H2,1-3H3,(H,14,15). The first-order chi connectivity index (χ1) is 6.93. The Morgan fingerprint density at radius 2 is 2.13 bits per heavy atom. The molecule has 0 spiro atoms. The zero-order chi connectivity index (χ0) is 11.6. The molecule has 4 nitrogen and oxygen atoms in total. The summed E-state index contributed by atoms with van der Waals surface area (Å²) in [4.78, 5) is 14.9. The van der Waals surface area contributed by atoms with Gasteiger partial charge in [0.2, 0.25) is 0 Å². The minimum Gasteiger partial charge on any atom is -0.480 e. The maximum absolute atomic E-state index is 10.7. The molecular weight excluding hydrogens is 192 g/mol. The molecule has 0 radical (unpaired) electrons. The molecule has 2 atom stereocenters. The van der Waals surface area contributed by atoms with Gasteiger partial charge >= 0.3 is 5.97 Å². The lowest BCUT2D eigenvalue weighted by molar-refractivity contribution is -0.139. The first-order valence-corrected chi connectivity index (χ1v) is 4.85. The van der Waals surface area contributed by atoms with E-state index in [1.165, 1.54) is 0 Å². The van der Waals surface area contributed by atoms with Crippen molar-refractivity contribution >= 4 is 5.97 Å². The molecule has 15 heavy (non-hydrogen) atoms. The smallest absolute Gasteiger partial charge is 0.321 e. The van der Waals surface area contributed by atoms with Crippen molar-refractivity contribution in [1.82, 2.24) is 4.98 Å².